The summed E-state index contributed by atoms with van der Waals surface area (Å²) in [5.41, 5.74) is 12.2. The minimum Gasteiger partial charge on any atom is -0.308 e. The molecule has 0 saturated heterocycles. The van der Waals surface area contributed by atoms with E-state index in [1.807, 2.05) is 48.5 Å². The van der Waals surface area contributed by atoms with Gasteiger partial charge >= 0.3 is 0 Å². The van der Waals surface area contributed by atoms with E-state index in [9.17, 15) is 5.26 Å². The van der Waals surface area contributed by atoms with Gasteiger partial charge in [0.2, 0.25) is 0 Å². The van der Waals surface area contributed by atoms with Crippen molar-refractivity contribution in [2.75, 3.05) is 0 Å². The van der Waals surface area contributed by atoms with E-state index in [4.69, 9.17) is 4.98 Å². The molecule has 0 saturated carbocycles. The van der Waals surface area contributed by atoms with Gasteiger partial charge in [-0.1, -0.05) is 90.0 Å². The van der Waals surface area contributed by atoms with E-state index in [1.165, 1.54) is 21.9 Å². The molecule has 3 nitrogen and oxygen atoms in total. The molecule has 3 heteroatoms. The Hall–Kier alpha value is -5.46. The van der Waals surface area contributed by atoms with E-state index < -0.39 is 0 Å². The Balaban J connectivity index is 1.49. The first-order chi connectivity index (χ1) is 20.1. The number of aryl methyl sites for hydroxylation is 2. The van der Waals surface area contributed by atoms with Crippen molar-refractivity contribution in [3.05, 3.63) is 144 Å². The number of nitrogens with zero attached hydrogens (tertiary/aromatic N) is 3. The van der Waals surface area contributed by atoms with Crippen LogP contribution in [0.2, 0.25) is 0 Å². The number of hydrogen-bond acceptors (Lipinski definition) is 2. The maximum atomic E-state index is 10.2. The number of fused-ring (bicyclic) bond motifs is 3. The molecule has 41 heavy (non-hydrogen) atoms. The Morgan fingerprint density at radius 2 is 1.07 bits per heavy atom. The zero-order chi connectivity index (χ0) is 27.9. The van der Waals surface area contributed by atoms with Crippen LogP contribution in [0.1, 0.15) is 16.7 Å². The van der Waals surface area contributed by atoms with Crippen LogP contribution in [0.15, 0.2) is 127 Å². The number of benzene rings is 5. The van der Waals surface area contributed by atoms with E-state index in [0.29, 0.717) is 5.56 Å². The third-order valence-electron chi connectivity index (χ3n) is 7.73. The molecular weight excluding hydrogens is 498 g/mol. The maximum absolute atomic E-state index is 10.2. The Labute approximate surface area is 239 Å². The molecule has 0 N–H and O–H groups in total. The van der Waals surface area contributed by atoms with Crippen molar-refractivity contribution >= 4 is 21.8 Å². The Morgan fingerprint density at radius 3 is 1.59 bits per heavy atom. The maximum Gasteiger partial charge on any atom is 0.101 e. The summed E-state index contributed by atoms with van der Waals surface area (Å²) in [6.45, 7) is 4.25. The Morgan fingerprint density at radius 1 is 0.537 bits per heavy atom. The van der Waals surface area contributed by atoms with Crippen molar-refractivity contribution < 1.29 is 0 Å². The lowest BCUT2D eigenvalue weighted by Crippen LogP contribution is -1.99. The summed E-state index contributed by atoms with van der Waals surface area (Å²) in [7, 11) is 0. The Kier molecular flexibility index (Phi) is 5.95. The van der Waals surface area contributed by atoms with E-state index in [-0.39, 0.29) is 0 Å². The lowest BCUT2D eigenvalue weighted by Gasteiger charge is -2.14. The van der Waals surface area contributed by atoms with Crippen LogP contribution in [0.4, 0.5) is 0 Å². The van der Waals surface area contributed by atoms with E-state index in [1.54, 1.807) is 0 Å². The van der Waals surface area contributed by atoms with Crippen molar-refractivity contribution in [2.24, 2.45) is 0 Å². The van der Waals surface area contributed by atoms with Gasteiger partial charge in [0.05, 0.1) is 33.7 Å². The van der Waals surface area contributed by atoms with Gasteiger partial charge in [0.1, 0.15) is 6.07 Å². The number of nitriles is 1. The first-order valence-electron chi connectivity index (χ1n) is 13.8. The number of hydrogen-bond donors (Lipinski definition) is 0. The predicted octanol–water partition coefficient (Wildman–Crippen LogP) is 9.67. The zero-order valence-electron chi connectivity index (χ0n) is 23.0. The minimum absolute atomic E-state index is 0.634. The van der Waals surface area contributed by atoms with Gasteiger partial charge < -0.3 is 4.57 Å². The normalized spacial score (nSPS) is 11.1. The first kappa shape index (κ1) is 24.6. The highest BCUT2D eigenvalue weighted by Gasteiger charge is 2.17. The van der Waals surface area contributed by atoms with Gasteiger partial charge in [-0.25, -0.2) is 4.98 Å². The van der Waals surface area contributed by atoms with Crippen LogP contribution in [0, 0.1) is 25.2 Å². The second-order valence-corrected chi connectivity index (χ2v) is 10.6. The van der Waals surface area contributed by atoms with Crippen LogP contribution in [0.5, 0.6) is 0 Å². The number of pyridine rings is 1. The molecule has 5 aromatic carbocycles. The second-order valence-electron chi connectivity index (χ2n) is 10.6. The molecule has 0 atom stereocenters. The van der Waals surface area contributed by atoms with Gasteiger partial charge in [0.15, 0.2) is 0 Å². The summed E-state index contributed by atoms with van der Waals surface area (Å²) < 4.78 is 2.24. The SMILES string of the molecule is Cc1ccc2c(c1)c1cc(C)ccc1n2-c1cc(-c2cc(-c3ccccc3)nc(-c3ccccc3)c2)ccc1C#N. The highest BCUT2D eigenvalue weighted by molar-refractivity contribution is 6.10. The summed E-state index contributed by atoms with van der Waals surface area (Å²) in [4.78, 5) is 5.05. The van der Waals surface area contributed by atoms with Gasteiger partial charge in [-0.05, 0) is 73.5 Å². The monoisotopic (exact) mass is 525 g/mol. The molecule has 0 bridgehead atoms. The van der Waals surface area contributed by atoms with Crippen LogP contribution >= 0.6 is 0 Å². The zero-order valence-corrected chi connectivity index (χ0v) is 23.0. The van der Waals surface area contributed by atoms with Gasteiger partial charge in [-0.2, -0.15) is 5.26 Å². The average Bonchev–Trinajstić information content (AvgIpc) is 3.33. The van der Waals surface area contributed by atoms with Crippen molar-refractivity contribution in [2.45, 2.75) is 13.8 Å². The topological polar surface area (TPSA) is 41.6 Å². The van der Waals surface area contributed by atoms with Crippen LogP contribution in [-0.2, 0) is 0 Å². The molecule has 0 aliphatic heterocycles. The molecule has 0 spiro atoms. The predicted molar refractivity (Wildman–Crippen MR) is 169 cm³/mol. The molecule has 0 unspecified atom stereocenters. The van der Waals surface area contributed by atoms with Crippen LogP contribution in [0.25, 0.3) is 61.1 Å². The molecular formula is C38H27N3. The number of rotatable bonds is 4. The first-order valence-corrected chi connectivity index (χ1v) is 13.8. The standard InChI is InChI=1S/C38H27N3/c1-25-13-17-36-32(19-25)33-20-26(2)14-18-37(33)41(36)38-23-29(15-16-30(38)24-39)31-21-34(27-9-5-3-6-10-27)40-35(22-31)28-11-7-4-8-12-28/h3-23H,1-2H3. The average molecular weight is 526 g/mol. The molecule has 7 aromatic rings. The van der Waals surface area contributed by atoms with Crippen LogP contribution in [-0.4, -0.2) is 9.55 Å². The fourth-order valence-corrected chi connectivity index (χ4v) is 5.71. The van der Waals surface area contributed by atoms with E-state index in [0.717, 1.165) is 50.4 Å². The van der Waals surface area contributed by atoms with Crippen LogP contribution < -0.4 is 0 Å². The molecule has 0 radical (unpaired) electrons. The highest BCUT2D eigenvalue weighted by Crippen LogP contribution is 2.37. The molecule has 2 heterocycles. The summed E-state index contributed by atoms with van der Waals surface area (Å²) >= 11 is 0. The fourth-order valence-electron chi connectivity index (χ4n) is 5.71. The smallest absolute Gasteiger partial charge is 0.101 e. The van der Waals surface area contributed by atoms with Crippen molar-refractivity contribution in [3.63, 3.8) is 0 Å². The number of aromatic nitrogens is 2. The van der Waals surface area contributed by atoms with Crippen molar-refractivity contribution in [3.8, 4) is 45.4 Å². The van der Waals surface area contributed by atoms with E-state index in [2.05, 4.69) is 103 Å². The summed E-state index contributed by atoms with van der Waals surface area (Å²) in [5.74, 6) is 0. The highest BCUT2D eigenvalue weighted by atomic mass is 15.0. The lowest BCUT2D eigenvalue weighted by molar-refractivity contribution is 1.17. The summed E-state index contributed by atoms with van der Waals surface area (Å²) in [5, 5.41) is 12.6. The van der Waals surface area contributed by atoms with Gasteiger partial charge in [-0.3, -0.25) is 0 Å². The second kappa shape index (κ2) is 9.93. The van der Waals surface area contributed by atoms with Crippen molar-refractivity contribution in [1.82, 2.24) is 9.55 Å². The Bertz CT molecular complexity index is 2000. The fraction of sp³-hybridized carbons (Fsp3) is 0.0526. The molecule has 0 aliphatic rings. The summed E-state index contributed by atoms with van der Waals surface area (Å²) in [6.07, 6.45) is 0. The van der Waals surface area contributed by atoms with Crippen LogP contribution in [0.3, 0.4) is 0 Å². The molecule has 0 aliphatic carbocycles. The molecule has 2 aromatic heterocycles. The van der Waals surface area contributed by atoms with Gasteiger partial charge in [-0.15, -0.1) is 0 Å². The van der Waals surface area contributed by atoms with E-state index >= 15 is 0 Å². The molecule has 0 amide bonds. The summed E-state index contributed by atoms with van der Waals surface area (Å²) in [6, 6.07) is 46.5. The third-order valence-corrected chi connectivity index (χ3v) is 7.73. The van der Waals surface area contributed by atoms with Crippen molar-refractivity contribution in [1.29, 1.82) is 5.26 Å². The third kappa shape index (κ3) is 4.36. The molecule has 0 fully saturated rings. The minimum atomic E-state index is 0.634. The quantitative estimate of drug-likeness (QED) is 0.229. The molecule has 194 valence electrons. The largest absolute Gasteiger partial charge is 0.308 e. The van der Waals surface area contributed by atoms with Gasteiger partial charge in [0.25, 0.3) is 0 Å². The lowest BCUT2D eigenvalue weighted by atomic mass is 9.98. The molecule has 7 rings (SSSR count). The van der Waals surface area contributed by atoms with Gasteiger partial charge in [0, 0.05) is 21.9 Å².